The summed E-state index contributed by atoms with van der Waals surface area (Å²) < 4.78 is 20.0. The van der Waals surface area contributed by atoms with Gasteiger partial charge in [0.1, 0.15) is 11.5 Å². The molecule has 0 spiro atoms. The molecule has 1 aliphatic rings. The largest absolute Gasteiger partial charge is 0.463 e. The summed E-state index contributed by atoms with van der Waals surface area (Å²) in [4.78, 5) is 31.1. The molecule has 2 aromatic carbocycles. The normalized spacial score (nSPS) is 15.2. The van der Waals surface area contributed by atoms with Gasteiger partial charge in [-0.2, -0.15) is 0 Å². The molecule has 3 aromatic rings. The molecule has 8 heteroatoms. The van der Waals surface area contributed by atoms with E-state index in [4.69, 9.17) is 16.3 Å². The average molecular weight is 454 g/mol. The van der Waals surface area contributed by atoms with E-state index in [2.05, 4.69) is 10.3 Å². The third kappa shape index (κ3) is 4.43. The Morgan fingerprint density at radius 3 is 2.78 bits per heavy atom. The molecule has 0 radical (unpaired) electrons. The number of amides is 2. The fourth-order valence-corrected chi connectivity index (χ4v) is 3.74. The zero-order chi connectivity index (χ0) is 22.8. The van der Waals surface area contributed by atoms with Crippen molar-refractivity contribution in [3.63, 3.8) is 0 Å². The van der Waals surface area contributed by atoms with Crippen LogP contribution in [-0.2, 0) is 17.9 Å². The van der Waals surface area contributed by atoms with Gasteiger partial charge in [0.25, 0.3) is 11.8 Å². The topological polar surface area (TPSA) is 71.5 Å². The Morgan fingerprint density at radius 1 is 1.25 bits per heavy atom. The number of aryl methyl sites for hydroxylation is 1. The van der Waals surface area contributed by atoms with Crippen molar-refractivity contribution >= 4 is 29.1 Å². The summed E-state index contributed by atoms with van der Waals surface area (Å²) in [5.41, 5.74) is 2.78. The van der Waals surface area contributed by atoms with Gasteiger partial charge in [0.05, 0.1) is 12.1 Å². The molecule has 4 rings (SSSR count). The second-order valence-electron chi connectivity index (χ2n) is 7.60. The number of fused-ring (bicyclic) bond motifs is 1. The lowest BCUT2D eigenvalue weighted by molar-refractivity contribution is -0.125. The number of hydrogen-bond donors (Lipinski definition) is 1. The molecule has 0 saturated heterocycles. The summed E-state index contributed by atoms with van der Waals surface area (Å²) in [6, 6.07) is 13.7. The molecule has 164 valence electrons. The van der Waals surface area contributed by atoms with Crippen LogP contribution in [-0.4, -0.2) is 22.9 Å². The third-order valence-corrected chi connectivity index (χ3v) is 5.55. The number of ether oxygens (including phenoxy) is 1. The SMILES string of the molecule is Cc1cccc(CNC(=O)c2cnc3c(c2)N(Cc2c(F)cccc2Cl)C(=O)C(C)O3)c1. The van der Waals surface area contributed by atoms with E-state index in [-0.39, 0.29) is 46.1 Å². The molecule has 2 amide bonds. The molecule has 6 nitrogen and oxygen atoms in total. The lowest BCUT2D eigenvalue weighted by Crippen LogP contribution is -2.44. The van der Waals surface area contributed by atoms with Crippen LogP contribution < -0.4 is 15.0 Å². The van der Waals surface area contributed by atoms with Crippen LogP contribution in [0.2, 0.25) is 5.02 Å². The van der Waals surface area contributed by atoms with E-state index in [9.17, 15) is 14.0 Å². The van der Waals surface area contributed by atoms with Crippen LogP contribution in [0, 0.1) is 12.7 Å². The Kier molecular flexibility index (Phi) is 6.10. The Morgan fingerprint density at radius 2 is 2.03 bits per heavy atom. The maximum Gasteiger partial charge on any atom is 0.268 e. The Bertz CT molecular complexity index is 1180. The van der Waals surface area contributed by atoms with Gasteiger partial charge in [-0.3, -0.25) is 14.5 Å². The quantitative estimate of drug-likeness (QED) is 0.620. The monoisotopic (exact) mass is 453 g/mol. The number of halogens is 2. The summed E-state index contributed by atoms with van der Waals surface area (Å²) >= 11 is 6.16. The van der Waals surface area contributed by atoms with Crippen molar-refractivity contribution < 1.29 is 18.7 Å². The van der Waals surface area contributed by atoms with E-state index in [1.54, 1.807) is 13.0 Å². The van der Waals surface area contributed by atoms with E-state index >= 15 is 0 Å². The fraction of sp³-hybridized carbons (Fsp3) is 0.208. The Labute approximate surface area is 190 Å². The lowest BCUT2D eigenvalue weighted by atomic mass is 10.1. The van der Waals surface area contributed by atoms with Crippen LogP contribution in [0.25, 0.3) is 0 Å². The van der Waals surface area contributed by atoms with Crippen LogP contribution in [0.3, 0.4) is 0 Å². The van der Waals surface area contributed by atoms with Gasteiger partial charge in [0, 0.05) is 23.3 Å². The van der Waals surface area contributed by atoms with E-state index in [1.807, 2.05) is 31.2 Å². The summed E-state index contributed by atoms with van der Waals surface area (Å²) in [6.07, 6.45) is 0.586. The van der Waals surface area contributed by atoms with Crippen molar-refractivity contribution in [1.29, 1.82) is 0 Å². The van der Waals surface area contributed by atoms with E-state index in [0.717, 1.165) is 11.1 Å². The summed E-state index contributed by atoms with van der Waals surface area (Å²) in [5, 5.41) is 3.05. The van der Waals surface area contributed by atoms with E-state index in [1.165, 1.54) is 29.3 Å². The van der Waals surface area contributed by atoms with Crippen molar-refractivity contribution in [2.24, 2.45) is 0 Å². The highest BCUT2D eigenvalue weighted by molar-refractivity contribution is 6.31. The molecule has 0 aliphatic carbocycles. The van der Waals surface area contributed by atoms with Gasteiger partial charge in [-0.1, -0.05) is 47.5 Å². The molecule has 0 saturated carbocycles. The number of hydrogen-bond acceptors (Lipinski definition) is 4. The van der Waals surface area contributed by atoms with Gasteiger partial charge in [-0.15, -0.1) is 0 Å². The molecular weight excluding hydrogens is 433 g/mol. The highest BCUT2D eigenvalue weighted by Crippen LogP contribution is 2.35. The van der Waals surface area contributed by atoms with Crippen LogP contribution in [0.5, 0.6) is 5.88 Å². The first kappa shape index (κ1) is 21.8. The van der Waals surface area contributed by atoms with Crippen molar-refractivity contribution in [1.82, 2.24) is 10.3 Å². The fourth-order valence-electron chi connectivity index (χ4n) is 3.52. The summed E-state index contributed by atoms with van der Waals surface area (Å²) in [7, 11) is 0. The summed E-state index contributed by atoms with van der Waals surface area (Å²) in [6.45, 7) is 3.80. The van der Waals surface area contributed by atoms with Crippen LogP contribution in [0.1, 0.15) is 34.0 Å². The van der Waals surface area contributed by atoms with Crippen molar-refractivity contribution in [2.45, 2.75) is 33.0 Å². The molecule has 1 atom stereocenters. The van der Waals surface area contributed by atoms with Gasteiger partial charge in [0.15, 0.2) is 6.10 Å². The number of carbonyl (C=O) groups excluding carboxylic acids is 2. The first-order chi connectivity index (χ1) is 15.3. The van der Waals surface area contributed by atoms with Crippen LogP contribution in [0.15, 0.2) is 54.7 Å². The zero-order valence-electron chi connectivity index (χ0n) is 17.6. The number of rotatable bonds is 5. The predicted molar refractivity (Wildman–Crippen MR) is 119 cm³/mol. The first-order valence-corrected chi connectivity index (χ1v) is 10.5. The van der Waals surface area contributed by atoms with E-state index in [0.29, 0.717) is 6.54 Å². The number of aromatic nitrogens is 1. The van der Waals surface area contributed by atoms with Crippen molar-refractivity contribution in [2.75, 3.05) is 4.90 Å². The molecule has 1 N–H and O–H groups in total. The highest BCUT2D eigenvalue weighted by Gasteiger charge is 2.34. The molecule has 1 aliphatic heterocycles. The highest BCUT2D eigenvalue weighted by atomic mass is 35.5. The van der Waals surface area contributed by atoms with Gasteiger partial charge in [0.2, 0.25) is 5.88 Å². The molecule has 0 fully saturated rings. The van der Waals surface area contributed by atoms with Gasteiger partial charge in [-0.25, -0.2) is 9.37 Å². The number of anilines is 1. The lowest BCUT2D eigenvalue weighted by Gasteiger charge is -2.32. The van der Waals surface area contributed by atoms with Gasteiger partial charge >= 0.3 is 0 Å². The molecule has 2 heterocycles. The minimum atomic E-state index is -0.804. The first-order valence-electron chi connectivity index (χ1n) is 10.1. The average Bonchev–Trinajstić information content (AvgIpc) is 2.77. The number of carbonyl (C=O) groups is 2. The third-order valence-electron chi connectivity index (χ3n) is 5.20. The Hall–Kier alpha value is -3.45. The molecule has 1 unspecified atom stereocenters. The van der Waals surface area contributed by atoms with Crippen LogP contribution >= 0.6 is 11.6 Å². The second kappa shape index (κ2) is 8.96. The van der Waals surface area contributed by atoms with Gasteiger partial charge in [-0.05, 0) is 37.6 Å². The minimum Gasteiger partial charge on any atom is -0.463 e. The van der Waals surface area contributed by atoms with E-state index < -0.39 is 11.9 Å². The van der Waals surface area contributed by atoms with Gasteiger partial charge < -0.3 is 10.1 Å². The van der Waals surface area contributed by atoms with Crippen molar-refractivity contribution in [3.8, 4) is 5.88 Å². The standard InChI is InChI=1S/C24H21ClFN3O3/c1-14-5-3-6-16(9-14)11-27-22(30)17-10-21-23(28-12-17)32-15(2)24(31)29(21)13-18-19(25)7-4-8-20(18)26/h3-10,12,15H,11,13H2,1-2H3,(H,27,30). The maximum absolute atomic E-state index is 14.4. The zero-order valence-corrected chi connectivity index (χ0v) is 18.3. The van der Waals surface area contributed by atoms with Crippen molar-refractivity contribution in [3.05, 3.63) is 87.8 Å². The van der Waals surface area contributed by atoms with Crippen LogP contribution in [0.4, 0.5) is 10.1 Å². The number of benzene rings is 2. The molecule has 32 heavy (non-hydrogen) atoms. The Balaban J connectivity index is 1.61. The molecular formula is C24H21ClFN3O3. The smallest absolute Gasteiger partial charge is 0.268 e. The molecule has 0 bridgehead atoms. The minimum absolute atomic E-state index is 0.110. The number of pyridine rings is 1. The maximum atomic E-state index is 14.4. The number of nitrogens with zero attached hydrogens (tertiary/aromatic N) is 2. The number of nitrogens with one attached hydrogen (secondary N) is 1. The summed E-state index contributed by atoms with van der Waals surface area (Å²) in [5.74, 6) is -1.06. The second-order valence-corrected chi connectivity index (χ2v) is 8.01. The molecule has 1 aromatic heterocycles. The predicted octanol–water partition coefficient (Wildman–Crippen LogP) is 4.43.